The Morgan fingerprint density at radius 3 is 2.26 bits per heavy atom. The molecule has 0 saturated heterocycles. The van der Waals surface area contributed by atoms with Gasteiger partial charge in [0.1, 0.15) is 17.7 Å². The van der Waals surface area contributed by atoms with E-state index in [1.807, 2.05) is 0 Å². The molecule has 0 aromatic heterocycles. The molecule has 0 aliphatic carbocycles. The first-order valence-corrected chi connectivity index (χ1v) is 6.97. The van der Waals surface area contributed by atoms with E-state index in [4.69, 9.17) is 10.5 Å². The number of halogens is 2. The first-order chi connectivity index (χ1) is 10.7. The van der Waals surface area contributed by atoms with Crippen molar-refractivity contribution in [2.45, 2.75) is 26.3 Å². The van der Waals surface area contributed by atoms with Crippen molar-refractivity contribution in [3.8, 4) is 0 Å². The second-order valence-corrected chi connectivity index (χ2v) is 4.98. The molecule has 0 fully saturated rings. The summed E-state index contributed by atoms with van der Waals surface area (Å²) in [7, 11) is 0. The van der Waals surface area contributed by atoms with Gasteiger partial charge >= 0.3 is 5.97 Å². The highest BCUT2D eigenvalue weighted by Gasteiger charge is 2.25. The van der Waals surface area contributed by atoms with Crippen LogP contribution >= 0.6 is 0 Å². The SMILES string of the molecule is CCOC(=O)[C@@H](C)C[C@H](NC(=O)c1cc(F)cc(F)c1)C(N)=O. The van der Waals surface area contributed by atoms with Gasteiger partial charge in [0, 0.05) is 11.6 Å². The van der Waals surface area contributed by atoms with Crippen LogP contribution in [0.2, 0.25) is 0 Å². The molecule has 6 nitrogen and oxygen atoms in total. The number of rotatable bonds is 7. The van der Waals surface area contributed by atoms with Gasteiger partial charge in [-0.2, -0.15) is 0 Å². The fraction of sp³-hybridized carbons (Fsp3) is 0.400. The van der Waals surface area contributed by atoms with Gasteiger partial charge in [0.05, 0.1) is 12.5 Å². The van der Waals surface area contributed by atoms with Crippen LogP contribution in [0.3, 0.4) is 0 Å². The third kappa shape index (κ3) is 5.65. The van der Waals surface area contributed by atoms with Crippen LogP contribution in [0.1, 0.15) is 30.6 Å². The smallest absolute Gasteiger partial charge is 0.308 e. The Balaban J connectivity index is 2.81. The van der Waals surface area contributed by atoms with Crippen LogP contribution in [0.25, 0.3) is 0 Å². The second-order valence-electron chi connectivity index (χ2n) is 4.98. The van der Waals surface area contributed by atoms with Crippen molar-refractivity contribution in [1.82, 2.24) is 5.32 Å². The van der Waals surface area contributed by atoms with Gasteiger partial charge in [-0.05, 0) is 25.5 Å². The molecule has 0 radical (unpaired) electrons. The molecule has 23 heavy (non-hydrogen) atoms. The molecular weight excluding hydrogens is 310 g/mol. The number of amides is 2. The molecule has 1 rings (SSSR count). The van der Waals surface area contributed by atoms with E-state index in [9.17, 15) is 23.2 Å². The number of hydrogen-bond acceptors (Lipinski definition) is 4. The number of nitrogens with one attached hydrogen (secondary N) is 1. The first-order valence-electron chi connectivity index (χ1n) is 6.97. The Labute approximate surface area is 132 Å². The molecular formula is C15H18F2N2O4. The monoisotopic (exact) mass is 328 g/mol. The van der Waals surface area contributed by atoms with Crippen LogP contribution in [0.5, 0.6) is 0 Å². The molecule has 126 valence electrons. The maximum atomic E-state index is 13.1. The van der Waals surface area contributed by atoms with Crippen molar-refractivity contribution in [1.29, 1.82) is 0 Å². The number of carbonyl (C=O) groups excluding carboxylic acids is 3. The number of ether oxygens (including phenoxy) is 1. The highest BCUT2D eigenvalue weighted by atomic mass is 19.1. The Morgan fingerprint density at radius 2 is 1.78 bits per heavy atom. The maximum Gasteiger partial charge on any atom is 0.308 e. The predicted octanol–water partition coefficient (Wildman–Crippen LogP) is 1.14. The number of esters is 1. The van der Waals surface area contributed by atoms with Gasteiger partial charge in [-0.3, -0.25) is 14.4 Å². The Kier molecular flexibility index (Phi) is 6.62. The van der Waals surface area contributed by atoms with E-state index in [1.54, 1.807) is 6.92 Å². The number of primary amides is 1. The van der Waals surface area contributed by atoms with Gasteiger partial charge < -0.3 is 15.8 Å². The van der Waals surface area contributed by atoms with Crippen LogP contribution < -0.4 is 11.1 Å². The van der Waals surface area contributed by atoms with E-state index >= 15 is 0 Å². The normalized spacial score (nSPS) is 13.0. The van der Waals surface area contributed by atoms with E-state index in [1.165, 1.54) is 6.92 Å². The molecule has 2 amide bonds. The minimum absolute atomic E-state index is 0.0856. The fourth-order valence-corrected chi connectivity index (χ4v) is 1.91. The third-order valence-corrected chi connectivity index (χ3v) is 3.05. The third-order valence-electron chi connectivity index (χ3n) is 3.05. The molecule has 0 saturated carbocycles. The molecule has 8 heteroatoms. The van der Waals surface area contributed by atoms with Gasteiger partial charge in [0.2, 0.25) is 5.91 Å². The summed E-state index contributed by atoms with van der Waals surface area (Å²) < 4.78 is 31.0. The minimum Gasteiger partial charge on any atom is -0.466 e. The Morgan fingerprint density at radius 1 is 1.22 bits per heavy atom. The summed E-state index contributed by atoms with van der Waals surface area (Å²) in [5, 5.41) is 2.26. The lowest BCUT2D eigenvalue weighted by atomic mass is 10.0. The highest BCUT2D eigenvalue weighted by molar-refractivity contribution is 5.97. The van der Waals surface area contributed by atoms with Crippen molar-refractivity contribution in [3.63, 3.8) is 0 Å². The Hall–Kier alpha value is -2.51. The molecule has 1 aromatic rings. The van der Waals surface area contributed by atoms with Crippen LogP contribution in [-0.4, -0.2) is 30.4 Å². The number of benzene rings is 1. The summed E-state index contributed by atoms with van der Waals surface area (Å²) >= 11 is 0. The summed E-state index contributed by atoms with van der Waals surface area (Å²) in [5.41, 5.74) is 4.90. The molecule has 0 spiro atoms. The van der Waals surface area contributed by atoms with E-state index < -0.39 is 41.4 Å². The largest absolute Gasteiger partial charge is 0.466 e. The molecule has 2 atom stereocenters. The molecule has 0 heterocycles. The standard InChI is InChI=1S/C15H18F2N2O4/c1-3-23-15(22)8(2)4-12(13(18)20)19-14(21)9-5-10(16)7-11(17)6-9/h5-8,12H,3-4H2,1-2H3,(H2,18,20)(H,19,21)/t8-,12-/m0/s1. The topological polar surface area (TPSA) is 98.5 Å². The van der Waals surface area contributed by atoms with Gasteiger partial charge in [0.25, 0.3) is 5.91 Å². The molecule has 0 unspecified atom stereocenters. The van der Waals surface area contributed by atoms with Gasteiger partial charge in [-0.15, -0.1) is 0 Å². The lowest BCUT2D eigenvalue weighted by molar-refractivity contribution is -0.147. The molecule has 0 aliphatic heterocycles. The van der Waals surface area contributed by atoms with Crippen molar-refractivity contribution in [3.05, 3.63) is 35.4 Å². The summed E-state index contributed by atoms with van der Waals surface area (Å²) in [5.74, 6) is -4.81. The number of nitrogens with two attached hydrogens (primary N) is 1. The van der Waals surface area contributed by atoms with Crippen LogP contribution in [0.4, 0.5) is 8.78 Å². The average molecular weight is 328 g/mol. The van der Waals surface area contributed by atoms with E-state index in [2.05, 4.69) is 5.32 Å². The summed E-state index contributed by atoms with van der Waals surface area (Å²) in [4.78, 5) is 35.0. The molecule has 0 bridgehead atoms. The quantitative estimate of drug-likeness (QED) is 0.733. The first kappa shape index (κ1) is 18.5. The van der Waals surface area contributed by atoms with Crippen LogP contribution in [0.15, 0.2) is 18.2 Å². The van der Waals surface area contributed by atoms with Crippen molar-refractivity contribution >= 4 is 17.8 Å². The highest BCUT2D eigenvalue weighted by Crippen LogP contribution is 2.11. The molecule has 3 N–H and O–H groups in total. The lowest BCUT2D eigenvalue weighted by Gasteiger charge is -2.19. The zero-order valence-electron chi connectivity index (χ0n) is 12.8. The van der Waals surface area contributed by atoms with Gasteiger partial charge in [0.15, 0.2) is 0 Å². The van der Waals surface area contributed by atoms with E-state index in [0.717, 1.165) is 12.1 Å². The fourth-order valence-electron chi connectivity index (χ4n) is 1.91. The number of carbonyl (C=O) groups is 3. The van der Waals surface area contributed by atoms with E-state index in [0.29, 0.717) is 6.07 Å². The van der Waals surface area contributed by atoms with Crippen molar-refractivity contribution in [2.75, 3.05) is 6.61 Å². The summed E-state index contributed by atoms with van der Waals surface area (Å²) in [6, 6.07) is 1.09. The maximum absolute atomic E-state index is 13.1. The number of hydrogen-bond donors (Lipinski definition) is 2. The van der Waals surface area contributed by atoms with Crippen LogP contribution in [-0.2, 0) is 14.3 Å². The Bertz CT molecular complexity index is 587. The zero-order chi connectivity index (χ0) is 17.6. The summed E-state index contributed by atoms with van der Waals surface area (Å²) in [6.45, 7) is 3.33. The zero-order valence-corrected chi connectivity index (χ0v) is 12.8. The average Bonchev–Trinajstić information content (AvgIpc) is 2.45. The van der Waals surface area contributed by atoms with Gasteiger partial charge in [-0.25, -0.2) is 8.78 Å². The van der Waals surface area contributed by atoms with Crippen molar-refractivity contribution < 1.29 is 27.9 Å². The van der Waals surface area contributed by atoms with Crippen molar-refractivity contribution in [2.24, 2.45) is 11.7 Å². The lowest BCUT2D eigenvalue weighted by Crippen LogP contribution is -2.46. The summed E-state index contributed by atoms with van der Waals surface area (Å²) in [6.07, 6.45) is -0.0856. The molecule has 0 aliphatic rings. The predicted molar refractivity (Wildman–Crippen MR) is 77.2 cm³/mol. The minimum atomic E-state index is -1.17. The second kappa shape index (κ2) is 8.21. The molecule has 1 aromatic carbocycles. The van der Waals surface area contributed by atoms with Gasteiger partial charge in [-0.1, -0.05) is 6.92 Å². The van der Waals surface area contributed by atoms with E-state index in [-0.39, 0.29) is 18.6 Å². The van der Waals surface area contributed by atoms with Crippen LogP contribution in [0, 0.1) is 17.6 Å².